The zero-order valence-electron chi connectivity index (χ0n) is 7.32. The van der Waals surface area contributed by atoms with Gasteiger partial charge in [0, 0.05) is 0 Å². The first-order chi connectivity index (χ1) is 6.27. The molecule has 0 aliphatic heterocycles. The summed E-state index contributed by atoms with van der Waals surface area (Å²) in [5.74, 6) is -0.190. The molecule has 6 nitrogen and oxygen atoms in total. The largest absolute Gasteiger partial charge is 0.394 e. The van der Waals surface area contributed by atoms with Crippen LogP contribution in [0.1, 0.15) is 24.0 Å². The molecule has 0 bridgehead atoms. The van der Waals surface area contributed by atoms with E-state index in [0.29, 0.717) is 6.42 Å². The van der Waals surface area contributed by atoms with Crippen molar-refractivity contribution >= 4 is 5.91 Å². The second kappa shape index (κ2) is 4.56. The minimum absolute atomic E-state index is 0.0730. The molecule has 72 valence electrons. The van der Waals surface area contributed by atoms with Gasteiger partial charge in [-0.2, -0.15) is 5.10 Å². The second-order valence-corrected chi connectivity index (χ2v) is 2.60. The van der Waals surface area contributed by atoms with Gasteiger partial charge in [0.25, 0.3) is 5.91 Å². The standard InChI is InChI=1S/C7H12N4O2/c1-2-5(3-12)10-7(13)6-8-4-9-11-6/h4-5,12H,2-3H2,1H3,(H,10,13)(H,8,9,11). The fourth-order valence-corrected chi connectivity index (χ4v) is 0.845. The molecule has 13 heavy (non-hydrogen) atoms. The van der Waals surface area contributed by atoms with Crippen LogP contribution in [-0.4, -0.2) is 38.8 Å². The monoisotopic (exact) mass is 184 g/mol. The zero-order chi connectivity index (χ0) is 9.68. The smallest absolute Gasteiger partial charge is 0.288 e. The molecular weight excluding hydrogens is 172 g/mol. The highest BCUT2D eigenvalue weighted by Gasteiger charge is 2.12. The van der Waals surface area contributed by atoms with Crippen molar-refractivity contribution in [3.8, 4) is 0 Å². The maximum absolute atomic E-state index is 11.3. The number of carbonyl (C=O) groups is 1. The Kier molecular flexibility index (Phi) is 3.39. The van der Waals surface area contributed by atoms with E-state index in [-0.39, 0.29) is 24.4 Å². The van der Waals surface area contributed by atoms with Crippen LogP contribution >= 0.6 is 0 Å². The lowest BCUT2D eigenvalue weighted by molar-refractivity contribution is 0.0905. The molecule has 1 aromatic heterocycles. The summed E-state index contributed by atoms with van der Waals surface area (Å²) in [6.07, 6.45) is 1.94. The topological polar surface area (TPSA) is 90.9 Å². The summed E-state index contributed by atoms with van der Waals surface area (Å²) in [6, 6.07) is -0.224. The molecule has 0 aliphatic rings. The maximum atomic E-state index is 11.3. The molecule has 0 radical (unpaired) electrons. The fourth-order valence-electron chi connectivity index (χ4n) is 0.845. The van der Waals surface area contributed by atoms with Gasteiger partial charge in [0.05, 0.1) is 12.6 Å². The zero-order valence-corrected chi connectivity index (χ0v) is 7.32. The molecule has 1 aromatic rings. The van der Waals surface area contributed by atoms with E-state index in [1.165, 1.54) is 6.33 Å². The molecule has 1 amide bonds. The van der Waals surface area contributed by atoms with E-state index < -0.39 is 0 Å². The number of rotatable bonds is 4. The van der Waals surface area contributed by atoms with Crippen molar-refractivity contribution in [1.82, 2.24) is 20.5 Å². The molecule has 0 aromatic carbocycles. The molecule has 0 spiro atoms. The Hall–Kier alpha value is -1.43. The Morgan fingerprint density at radius 1 is 1.85 bits per heavy atom. The van der Waals surface area contributed by atoms with E-state index in [2.05, 4.69) is 20.5 Å². The lowest BCUT2D eigenvalue weighted by Crippen LogP contribution is -2.37. The average Bonchev–Trinajstić information content (AvgIpc) is 2.66. The number of hydrogen-bond acceptors (Lipinski definition) is 4. The number of aromatic nitrogens is 3. The number of amides is 1. The summed E-state index contributed by atoms with van der Waals surface area (Å²) in [5, 5.41) is 17.4. The van der Waals surface area contributed by atoms with Gasteiger partial charge in [0.1, 0.15) is 6.33 Å². The number of aliphatic hydroxyl groups excluding tert-OH is 1. The molecule has 1 unspecified atom stereocenters. The van der Waals surface area contributed by atoms with Gasteiger partial charge in [-0.25, -0.2) is 4.98 Å². The molecule has 3 N–H and O–H groups in total. The number of carbonyl (C=O) groups excluding carboxylic acids is 1. The van der Waals surface area contributed by atoms with E-state index >= 15 is 0 Å². The third-order valence-electron chi connectivity index (χ3n) is 1.68. The summed E-state index contributed by atoms with van der Waals surface area (Å²) in [4.78, 5) is 15.0. The highest BCUT2D eigenvalue weighted by atomic mass is 16.3. The van der Waals surface area contributed by atoms with Crippen LogP contribution in [0.3, 0.4) is 0 Å². The van der Waals surface area contributed by atoms with Gasteiger partial charge in [-0.15, -0.1) is 0 Å². The first kappa shape index (κ1) is 9.66. The minimum Gasteiger partial charge on any atom is -0.394 e. The molecule has 6 heteroatoms. The molecule has 1 atom stereocenters. The van der Waals surface area contributed by atoms with Crippen LogP contribution in [0.25, 0.3) is 0 Å². The van der Waals surface area contributed by atoms with Crippen LogP contribution in [0, 0.1) is 0 Å². The Morgan fingerprint density at radius 2 is 2.62 bits per heavy atom. The van der Waals surface area contributed by atoms with Gasteiger partial charge in [-0.1, -0.05) is 6.92 Å². The summed E-state index contributed by atoms with van der Waals surface area (Å²) in [6.45, 7) is 1.80. The normalized spacial score (nSPS) is 12.5. The van der Waals surface area contributed by atoms with Gasteiger partial charge in [0.15, 0.2) is 0 Å². The van der Waals surface area contributed by atoms with Crippen LogP contribution in [-0.2, 0) is 0 Å². The number of nitrogens with one attached hydrogen (secondary N) is 2. The summed E-state index contributed by atoms with van der Waals surface area (Å²) < 4.78 is 0. The second-order valence-electron chi connectivity index (χ2n) is 2.60. The van der Waals surface area contributed by atoms with E-state index in [0.717, 1.165) is 0 Å². The molecule has 1 rings (SSSR count). The summed E-state index contributed by atoms with van der Waals surface area (Å²) >= 11 is 0. The summed E-state index contributed by atoms with van der Waals surface area (Å²) in [5.41, 5.74) is 0. The third kappa shape index (κ3) is 2.51. The molecular formula is C7H12N4O2. The number of hydrogen-bond donors (Lipinski definition) is 3. The Bertz CT molecular complexity index is 255. The molecule has 0 fully saturated rings. The van der Waals surface area contributed by atoms with E-state index in [9.17, 15) is 4.79 Å². The van der Waals surface area contributed by atoms with E-state index in [1.54, 1.807) is 0 Å². The third-order valence-corrected chi connectivity index (χ3v) is 1.68. The highest BCUT2D eigenvalue weighted by molar-refractivity contribution is 5.90. The quantitative estimate of drug-likeness (QED) is 0.577. The maximum Gasteiger partial charge on any atom is 0.288 e. The minimum atomic E-state index is -0.349. The SMILES string of the molecule is CCC(CO)NC(=O)c1ncn[nH]1. The van der Waals surface area contributed by atoms with Gasteiger partial charge >= 0.3 is 0 Å². The molecule has 0 saturated carbocycles. The van der Waals surface area contributed by atoms with Crippen LogP contribution < -0.4 is 5.32 Å². The van der Waals surface area contributed by atoms with Crippen LogP contribution in [0.15, 0.2) is 6.33 Å². The first-order valence-electron chi connectivity index (χ1n) is 4.05. The van der Waals surface area contributed by atoms with Crippen molar-refractivity contribution in [3.05, 3.63) is 12.2 Å². The van der Waals surface area contributed by atoms with Gasteiger partial charge in [-0.3, -0.25) is 9.89 Å². The average molecular weight is 184 g/mol. The summed E-state index contributed by atoms with van der Waals surface area (Å²) in [7, 11) is 0. The van der Waals surface area contributed by atoms with Crippen molar-refractivity contribution < 1.29 is 9.90 Å². The Morgan fingerprint density at radius 3 is 3.08 bits per heavy atom. The van der Waals surface area contributed by atoms with Crippen molar-refractivity contribution in [2.24, 2.45) is 0 Å². The van der Waals surface area contributed by atoms with Crippen LogP contribution in [0.2, 0.25) is 0 Å². The van der Waals surface area contributed by atoms with Gasteiger partial charge in [-0.05, 0) is 6.42 Å². The van der Waals surface area contributed by atoms with Crippen molar-refractivity contribution in [2.75, 3.05) is 6.61 Å². The first-order valence-corrected chi connectivity index (χ1v) is 4.05. The molecule has 1 heterocycles. The van der Waals surface area contributed by atoms with Crippen molar-refractivity contribution in [2.45, 2.75) is 19.4 Å². The highest BCUT2D eigenvalue weighted by Crippen LogP contribution is 1.92. The van der Waals surface area contributed by atoms with Crippen molar-refractivity contribution in [1.29, 1.82) is 0 Å². The Balaban J connectivity index is 2.50. The predicted octanol–water partition coefficient (Wildman–Crippen LogP) is -0.695. The van der Waals surface area contributed by atoms with E-state index in [1.807, 2.05) is 6.92 Å². The van der Waals surface area contributed by atoms with Crippen LogP contribution in [0.5, 0.6) is 0 Å². The number of nitrogens with zero attached hydrogens (tertiary/aromatic N) is 2. The Labute approximate surface area is 75.4 Å². The van der Waals surface area contributed by atoms with Crippen LogP contribution in [0.4, 0.5) is 0 Å². The lowest BCUT2D eigenvalue weighted by Gasteiger charge is -2.11. The van der Waals surface area contributed by atoms with Gasteiger partial charge < -0.3 is 10.4 Å². The molecule has 0 aliphatic carbocycles. The number of aromatic amines is 1. The van der Waals surface area contributed by atoms with E-state index in [4.69, 9.17) is 5.11 Å². The number of aliphatic hydroxyl groups is 1. The molecule has 0 saturated heterocycles. The lowest BCUT2D eigenvalue weighted by atomic mass is 10.2. The number of H-pyrrole nitrogens is 1. The predicted molar refractivity (Wildman–Crippen MR) is 45.0 cm³/mol. The fraction of sp³-hybridized carbons (Fsp3) is 0.571. The van der Waals surface area contributed by atoms with Crippen molar-refractivity contribution in [3.63, 3.8) is 0 Å². The van der Waals surface area contributed by atoms with Gasteiger partial charge in [0.2, 0.25) is 5.82 Å².